The van der Waals surface area contributed by atoms with E-state index in [1.165, 1.54) is 12.4 Å². The van der Waals surface area contributed by atoms with Crippen molar-refractivity contribution in [3.05, 3.63) is 18.5 Å². The Morgan fingerprint density at radius 1 is 1.50 bits per heavy atom. The smallest absolute Gasteiger partial charge is 0.163 e. The zero-order valence-corrected chi connectivity index (χ0v) is 5.07. The molecule has 4 heteroatoms. The van der Waals surface area contributed by atoms with E-state index in [-0.39, 0.29) is 5.75 Å². The van der Waals surface area contributed by atoms with E-state index in [1.807, 2.05) is 0 Å². The van der Waals surface area contributed by atoms with Crippen LogP contribution in [0.4, 0.5) is 0 Å². The van der Waals surface area contributed by atoms with Gasteiger partial charge in [0, 0.05) is 6.20 Å². The first-order chi connectivity index (χ1) is 4.88. The number of nitrogens with zero attached hydrogens (tertiary/aromatic N) is 2. The Kier molecular flexibility index (Phi) is 0.887. The summed E-state index contributed by atoms with van der Waals surface area (Å²) in [7, 11) is 0. The summed E-state index contributed by atoms with van der Waals surface area (Å²) in [5.74, 6) is 0.213. The highest BCUT2D eigenvalue weighted by Gasteiger charge is 1.99. The summed E-state index contributed by atoms with van der Waals surface area (Å²) in [4.78, 5) is 2.76. The van der Waals surface area contributed by atoms with Crippen LogP contribution in [0.5, 0.6) is 5.75 Å². The van der Waals surface area contributed by atoms with Crippen molar-refractivity contribution in [1.29, 1.82) is 0 Å². The predicted octanol–water partition coefficient (Wildman–Crippen LogP) is 0.663. The number of hydrogen-bond donors (Lipinski definition) is 2. The van der Waals surface area contributed by atoms with E-state index in [9.17, 15) is 0 Å². The molecule has 2 heterocycles. The van der Waals surface area contributed by atoms with E-state index < -0.39 is 0 Å². The summed E-state index contributed by atoms with van der Waals surface area (Å²) in [5, 5.41) is 17.2. The zero-order chi connectivity index (χ0) is 6.97. The van der Waals surface area contributed by atoms with Crippen LogP contribution in [-0.2, 0) is 0 Å². The molecule has 0 radical (unpaired) electrons. The quantitative estimate of drug-likeness (QED) is 0.557. The average Bonchev–Trinajstić information content (AvgIpc) is 2.34. The molecular formula is C6H5N3O. The second-order valence-corrected chi connectivity index (χ2v) is 1.97. The lowest BCUT2D eigenvalue weighted by atomic mass is 10.4. The molecule has 0 saturated heterocycles. The van der Waals surface area contributed by atoms with Crippen molar-refractivity contribution in [3.8, 4) is 5.75 Å². The molecule has 0 bridgehead atoms. The summed E-state index contributed by atoms with van der Waals surface area (Å²) in [5.41, 5.74) is 0.611. The molecule has 0 saturated carbocycles. The monoisotopic (exact) mass is 135 g/mol. The van der Waals surface area contributed by atoms with Gasteiger partial charge in [-0.1, -0.05) is 0 Å². The topological polar surface area (TPSA) is 61.8 Å². The van der Waals surface area contributed by atoms with Gasteiger partial charge in [-0.25, -0.2) is 0 Å². The van der Waals surface area contributed by atoms with Crippen molar-refractivity contribution < 1.29 is 5.11 Å². The molecule has 4 nitrogen and oxygen atoms in total. The third kappa shape index (κ3) is 0.556. The SMILES string of the molecule is Oc1c[nH]c2nnccc12. The Balaban J connectivity index is 2.93. The van der Waals surface area contributed by atoms with Crippen molar-refractivity contribution >= 4 is 11.0 Å². The van der Waals surface area contributed by atoms with E-state index in [1.54, 1.807) is 6.07 Å². The number of H-pyrrole nitrogens is 1. The molecule has 0 fully saturated rings. The van der Waals surface area contributed by atoms with Crippen LogP contribution in [0.25, 0.3) is 11.0 Å². The van der Waals surface area contributed by atoms with Crippen LogP contribution < -0.4 is 0 Å². The Bertz CT molecular complexity index is 355. The van der Waals surface area contributed by atoms with Crippen molar-refractivity contribution in [1.82, 2.24) is 15.2 Å². The molecule has 50 valence electrons. The van der Waals surface area contributed by atoms with Gasteiger partial charge in [0.1, 0.15) is 5.75 Å². The Morgan fingerprint density at radius 2 is 2.40 bits per heavy atom. The maximum absolute atomic E-state index is 9.11. The number of nitrogens with one attached hydrogen (secondary N) is 1. The highest BCUT2D eigenvalue weighted by Crippen LogP contribution is 2.19. The van der Waals surface area contributed by atoms with Gasteiger partial charge in [0.25, 0.3) is 0 Å². The van der Waals surface area contributed by atoms with E-state index in [0.717, 1.165) is 0 Å². The van der Waals surface area contributed by atoms with E-state index in [2.05, 4.69) is 15.2 Å². The van der Waals surface area contributed by atoms with Crippen LogP contribution in [0, 0.1) is 0 Å². The van der Waals surface area contributed by atoms with E-state index in [4.69, 9.17) is 5.11 Å². The fraction of sp³-hybridized carbons (Fsp3) is 0. The third-order valence-corrected chi connectivity index (χ3v) is 1.34. The van der Waals surface area contributed by atoms with Crippen molar-refractivity contribution in [2.24, 2.45) is 0 Å². The van der Waals surface area contributed by atoms with Crippen LogP contribution >= 0.6 is 0 Å². The molecule has 0 amide bonds. The molecule has 0 aliphatic carbocycles. The van der Waals surface area contributed by atoms with Gasteiger partial charge >= 0.3 is 0 Å². The minimum Gasteiger partial charge on any atom is -0.506 e. The van der Waals surface area contributed by atoms with Gasteiger partial charge in [-0.05, 0) is 6.07 Å². The molecule has 0 atom stereocenters. The molecule has 2 rings (SSSR count). The lowest BCUT2D eigenvalue weighted by Crippen LogP contribution is -1.78. The molecular weight excluding hydrogens is 130 g/mol. The molecule has 0 aromatic carbocycles. The van der Waals surface area contributed by atoms with Gasteiger partial charge in [-0.2, -0.15) is 5.10 Å². The molecule has 0 spiro atoms. The van der Waals surface area contributed by atoms with E-state index >= 15 is 0 Å². The van der Waals surface area contributed by atoms with Gasteiger partial charge in [-0.15, -0.1) is 5.10 Å². The van der Waals surface area contributed by atoms with Gasteiger partial charge in [-0.3, -0.25) is 0 Å². The zero-order valence-electron chi connectivity index (χ0n) is 5.07. The Labute approximate surface area is 56.5 Å². The van der Waals surface area contributed by atoms with Crippen LogP contribution in [-0.4, -0.2) is 20.3 Å². The molecule has 0 aliphatic heterocycles. The van der Waals surface area contributed by atoms with Gasteiger partial charge in [0.2, 0.25) is 0 Å². The first kappa shape index (κ1) is 5.22. The maximum Gasteiger partial charge on any atom is 0.163 e. The summed E-state index contributed by atoms with van der Waals surface area (Å²) < 4.78 is 0. The van der Waals surface area contributed by atoms with Gasteiger partial charge in [0.15, 0.2) is 5.65 Å². The number of aromatic nitrogens is 3. The van der Waals surface area contributed by atoms with Gasteiger partial charge in [0.05, 0.1) is 11.6 Å². The first-order valence-electron chi connectivity index (χ1n) is 2.85. The van der Waals surface area contributed by atoms with Crippen LogP contribution in [0.3, 0.4) is 0 Å². The van der Waals surface area contributed by atoms with Crippen LogP contribution in [0.15, 0.2) is 18.5 Å². The van der Waals surface area contributed by atoms with Crippen LogP contribution in [0.1, 0.15) is 0 Å². The number of fused-ring (bicyclic) bond motifs is 1. The highest BCUT2D eigenvalue weighted by atomic mass is 16.3. The minimum absolute atomic E-state index is 0.213. The largest absolute Gasteiger partial charge is 0.506 e. The predicted molar refractivity (Wildman–Crippen MR) is 35.6 cm³/mol. The fourth-order valence-corrected chi connectivity index (χ4v) is 0.860. The van der Waals surface area contributed by atoms with Crippen molar-refractivity contribution in [3.63, 3.8) is 0 Å². The number of aromatic amines is 1. The van der Waals surface area contributed by atoms with Crippen molar-refractivity contribution in [2.75, 3.05) is 0 Å². The summed E-state index contributed by atoms with van der Waals surface area (Å²) in [6.07, 6.45) is 3.02. The Morgan fingerprint density at radius 3 is 3.20 bits per heavy atom. The first-order valence-corrected chi connectivity index (χ1v) is 2.85. The second kappa shape index (κ2) is 1.70. The summed E-state index contributed by atoms with van der Waals surface area (Å²) in [6, 6.07) is 1.70. The molecule has 10 heavy (non-hydrogen) atoms. The molecule has 2 aromatic rings. The third-order valence-electron chi connectivity index (χ3n) is 1.34. The maximum atomic E-state index is 9.11. The Hall–Kier alpha value is -1.58. The lowest BCUT2D eigenvalue weighted by Gasteiger charge is -1.84. The number of aromatic hydroxyl groups is 1. The standard InChI is InChI=1S/C6H5N3O/c10-5-3-7-6-4(5)1-2-8-9-6/h1-3,10H,(H,7,9). The molecule has 2 aromatic heterocycles. The van der Waals surface area contributed by atoms with Crippen molar-refractivity contribution in [2.45, 2.75) is 0 Å². The molecule has 0 aliphatic rings. The van der Waals surface area contributed by atoms with E-state index in [0.29, 0.717) is 11.0 Å². The normalized spacial score (nSPS) is 10.4. The number of hydrogen-bond acceptors (Lipinski definition) is 3. The van der Waals surface area contributed by atoms with Gasteiger partial charge < -0.3 is 10.1 Å². The number of rotatable bonds is 0. The lowest BCUT2D eigenvalue weighted by molar-refractivity contribution is 0.481. The van der Waals surface area contributed by atoms with Crippen LogP contribution in [0.2, 0.25) is 0 Å². The second-order valence-electron chi connectivity index (χ2n) is 1.97. The highest BCUT2D eigenvalue weighted by molar-refractivity contribution is 5.81. The minimum atomic E-state index is 0.213. The fourth-order valence-electron chi connectivity index (χ4n) is 0.860. The summed E-state index contributed by atoms with van der Waals surface area (Å²) in [6.45, 7) is 0. The average molecular weight is 135 g/mol. The summed E-state index contributed by atoms with van der Waals surface area (Å²) >= 11 is 0. The molecule has 0 unspecified atom stereocenters. The molecule has 2 N–H and O–H groups in total.